The molecular weight excluding hydrogens is 618 g/mol. The Hall–Kier alpha value is -5.03. The number of aromatic amines is 2. The number of aliphatic carboxylic acids is 1. The first-order valence-corrected chi connectivity index (χ1v) is 16.2. The van der Waals surface area contributed by atoms with Crippen molar-refractivity contribution in [2.45, 2.75) is 69.8 Å². The van der Waals surface area contributed by atoms with Gasteiger partial charge in [-0.2, -0.15) is 0 Å². The first-order chi connectivity index (χ1) is 23.1. The molecule has 11 heteroatoms. The topological polar surface area (TPSA) is 140 Å². The molecule has 6 rings (SSSR count). The van der Waals surface area contributed by atoms with Crippen molar-refractivity contribution in [2.24, 2.45) is 0 Å². The number of rotatable bonds is 4. The predicted octanol–water partition coefficient (Wildman–Crippen LogP) is 6.94. The van der Waals surface area contributed by atoms with Gasteiger partial charge in [-0.05, 0) is 61.6 Å². The van der Waals surface area contributed by atoms with E-state index in [1.807, 2.05) is 24.3 Å². The van der Waals surface area contributed by atoms with Crippen molar-refractivity contribution < 1.29 is 33.3 Å². The highest BCUT2D eigenvalue weighted by Crippen LogP contribution is 2.40. The predicted molar refractivity (Wildman–Crippen MR) is 177 cm³/mol. The van der Waals surface area contributed by atoms with Crippen LogP contribution in [0.15, 0.2) is 67.0 Å². The lowest BCUT2D eigenvalue weighted by molar-refractivity contribution is -0.137. The van der Waals surface area contributed by atoms with Crippen LogP contribution < -0.4 is 10.1 Å². The SMILES string of the molecule is CC1(c2cccc(CCC(=O)O)c2)CCCCCC(=O)NCC(O)Cc2c(c(F)cc3[nH]ccc23)Oc2ccc(F)c(c2)-c2ncc1[nH]2. The number of carboxylic acids is 1. The number of hydrogen-bond acceptors (Lipinski definition) is 5. The number of amides is 1. The summed E-state index contributed by atoms with van der Waals surface area (Å²) in [5.74, 6) is -1.92. The normalized spacial score (nSPS) is 19.2. The zero-order valence-corrected chi connectivity index (χ0v) is 26.6. The summed E-state index contributed by atoms with van der Waals surface area (Å²) in [5.41, 5.74) is 3.06. The van der Waals surface area contributed by atoms with Gasteiger partial charge in [0.05, 0.1) is 11.7 Å². The number of aryl methyl sites for hydroxylation is 1. The molecule has 2 unspecified atom stereocenters. The lowest BCUT2D eigenvalue weighted by Crippen LogP contribution is -2.33. The van der Waals surface area contributed by atoms with Gasteiger partial charge in [-0.1, -0.05) is 37.1 Å². The molecule has 1 aliphatic rings. The summed E-state index contributed by atoms with van der Waals surface area (Å²) in [7, 11) is 0. The van der Waals surface area contributed by atoms with Gasteiger partial charge in [0.15, 0.2) is 11.6 Å². The molecule has 48 heavy (non-hydrogen) atoms. The monoisotopic (exact) mass is 656 g/mol. The van der Waals surface area contributed by atoms with E-state index in [-0.39, 0.29) is 54.6 Å². The number of imidazole rings is 1. The quantitative estimate of drug-likeness (QED) is 0.142. The van der Waals surface area contributed by atoms with Gasteiger partial charge in [0.25, 0.3) is 0 Å². The molecule has 4 bridgehead atoms. The number of aromatic nitrogens is 3. The highest BCUT2D eigenvalue weighted by molar-refractivity contribution is 5.86. The van der Waals surface area contributed by atoms with Gasteiger partial charge in [0, 0.05) is 71.8 Å². The molecule has 0 radical (unpaired) electrons. The zero-order valence-electron chi connectivity index (χ0n) is 26.6. The fraction of sp³-hybridized carbons (Fsp3) is 0.324. The number of benzene rings is 3. The lowest BCUT2D eigenvalue weighted by atomic mass is 9.75. The van der Waals surface area contributed by atoms with Crippen molar-refractivity contribution in [3.63, 3.8) is 0 Å². The highest BCUT2D eigenvalue weighted by atomic mass is 19.1. The molecule has 1 aliphatic heterocycles. The minimum Gasteiger partial charge on any atom is -0.481 e. The Morgan fingerprint density at radius 2 is 1.94 bits per heavy atom. The first kappa shape index (κ1) is 32.9. The van der Waals surface area contributed by atoms with Crippen LogP contribution in [0.25, 0.3) is 22.3 Å². The number of nitrogens with zero attached hydrogens (tertiary/aromatic N) is 1. The molecule has 0 saturated heterocycles. The van der Waals surface area contributed by atoms with Gasteiger partial charge in [0.1, 0.15) is 17.4 Å². The molecule has 3 aromatic carbocycles. The number of H-pyrrole nitrogens is 2. The van der Waals surface area contributed by atoms with E-state index in [1.165, 1.54) is 24.3 Å². The summed E-state index contributed by atoms with van der Waals surface area (Å²) in [4.78, 5) is 34.8. The van der Waals surface area contributed by atoms with Crippen molar-refractivity contribution in [1.82, 2.24) is 20.3 Å². The van der Waals surface area contributed by atoms with E-state index in [9.17, 15) is 19.8 Å². The summed E-state index contributed by atoms with van der Waals surface area (Å²) >= 11 is 0. The van der Waals surface area contributed by atoms with Crippen molar-refractivity contribution >= 4 is 22.8 Å². The van der Waals surface area contributed by atoms with E-state index in [2.05, 4.69) is 27.2 Å². The van der Waals surface area contributed by atoms with Gasteiger partial charge >= 0.3 is 5.97 Å². The van der Waals surface area contributed by atoms with Crippen LogP contribution in [-0.2, 0) is 27.8 Å². The van der Waals surface area contributed by atoms with Crippen molar-refractivity contribution in [2.75, 3.05) is 6.54 Å². The lowest BCUT2D eigenvalue weighted by Gasteiger charge is -2.30. The number of aliphatic hydroxyl groups excluding tert-OH is 1. The van der Waals surface area contributed by atoms with Crippen LogP contribution in [-0.4, -0.2) is 49.7 Å². The molecule has 0 fully saturated rings. The average molecular weight is 657 g/mol. The van der Waals surface area contributed by atoms with Gasteiger partial charge in [0.2, 0.25) is 5.91 Å². The van der Waals surface area contributed by atoms with Crippen LogP contribution >= 0.6 is 0 Å². The maximum atomic E-state index is 15.6. The third-order valence-electron chi connectivity index (χ3n) is 9.20. The molecule has 0 saturated carbocycles. The highest BCUT2D eigenvalue weighted by Gasteiger charge is 2.31. The van der Waals surface area contributed by atoms with E-state index in [1.54, 1.807) is 18.5 Å². The van der Waals surface area contributed by atoms with E-state index >= 15 is 8.78 Å². The fourth-order valence-corrected chi connectivity index (χ4v) is 6.47. The maximum Gasteiger partial charge on any atom is 0.303 e. The summed E-state index contributed by atoms with van der Waals surface area (Å²) in [6, 6.07) is 15.0. The van der Waals surface area contributed by atoms with Crippen LogP contribution in [0.3, 0.4) is 0 Å². The minimum atomic E-state index is -1.01. The van der Waals surface area contributed by atoms with Gasteiger partial charge in [-0.15, -0.1) is 0 Å². The molecule has 0 spiro atoms. The fourth-order valence-electron chi connectivity index (χ4n) is 6.47. The number of carbonyl (C=O) groups excluding carboxylic acids is 1. The molecule has 3 heterocycles. The average Bonchev–Trinajstić information content (AvgIpc) is 3.75. The second-order valence-electron chi connectivity index (χ2n) is 12.6. The smallest absolute Gasteiger partial charge is 0.303 e. The second-order valence-corrected chi connectivity index (χ2v) is 12.6. The van der Waals surface area contributed by atoms with E-state index in [0.717, 1.165) is 29.7 Å². The van der Waals surface area contributed by atoms with Crippen LogP contribution in [0.5, 0.6) is 11.5 Å². The van der Waals surface area contributed by atoms with Crippen molar-refractivity contribution in [3.05, 3.63) is 101 Å². The van der Waals surface area contributed by atoms with Crippen LogP contribution in [0, 0.1) is 11.6 Å². The van der Waals surface area contributed by atoms with E-state index < -0.39 is 29.1 Å². The standard InChI is InChI=1S/C37H38F2N4O5/c1-37(23-7-5-6-22(16-23)9-12-34(46)47)14-4-2-3-8-33(45)41-20-24(44)17-27-26-13-15-40-31(26)19-30(39)35(27)48-25-10-11-29(38)28(18-25)36-42-21-32(37)43-36/h5-7,10-11,13,15-16,18-19,21,24,40,44H,2-4,8-9,12,14,17,20H2,1H3,(H,41,45)(H,42,43)(H,46,47). The largest absolute Gasteiger partial charge is 0.481 e. The number of hydrogen-bond donors (Lipinski definition) is 5. The molecule has 250 valence electrons. The molecule has 5 aromatic rings. The Balaban J connectivity index is 1.41. The maximum absolute atomic E-state index is 15.6. The Morgan fingerprint density at radius 3 is 2.77 bits per heavy atom. The molecule has 2 aromatic heterocycles. The molecule has 0 aliphatic carbocycles. The van der Waals surface area contributed by atoms with Crippen molar-refractivity contribution in [3.8, 4) is 22.9 Å². The van der Waals surface area contributed by atoms with Crippen LogP contribution in [0.2, 0.25) is 0 Å². The first-order valence-electron chi connectivity index (χ1n) is 16.2. The summed E-state index contributed by atoms with van der Waals surface area (Å²) < 4.78 is 37.0. The molecule has 1 amide bonds. The minimum absolute atomic E-state index is 0.00735. The third-order valence-corrected chi connectivity index (χ3v) is 9.20. The zero-order chi connectivity index (χ0) is 33.8. The Kier molecular flexibility index (Phi) is 9.58. The van der Waals surface area contributed by atoms with Crippen LogP contribution in [0.1, 0.15) is 67.8 Å². The summed E-state index contributed by atoms with van der Waals surface area (Å²) in [5, 5.41) is 23.6. The number of carbonyl (C=O) groups is 2. The second kappa shape index (κ2) is 14.0. The number of nitrogens with one attached hydrogen (secondary N) is 3. The number of halogens is 2. The van der Waals surface area contributed by atoms with Crippen molar-refractivity contribution in [1.29, 1.82) is 0 Å². The Bertz CT molecular complexity index is 1950. The Morgan fingerprint density at radius 1 is 1.08 bits per heavy atom. The number of ether oxygens (including phenoxy) is 1. The van der Waals surface area contributed by atoms with Crippen LogP contribution in [0.4, 0.5) is 8.78 Å². The van der Waals surface area contributed by atoms with E-state index in [4.69, 9.17) is 4.74 Å². The van der Waals surface area contributed by atoms with Gasteiger partial charge < -0.3 is 30.2 Å². The summed E-state index contributed by atoms with van der Waals surface area (Å²) in [6.45, 7) is 2.05. The number of aliphatic hydroxyl groups is 1. The molecular formula is C37H38F2N4O5. The number of fused-ring (bicyclic) bond motifs is 8. The summed E-state index contributed by atoms with van der Waals surface area (Å²) in [6.07, 6.45) is 5.86. The number of β-amino-alcohol motifs (C(OH)–C–C–N with tert-alkyl or cyclic N) is 1. The Labute approximate surface area is 276 Å². The van der Waals surface area contributed by atoms with E-state index in [0.29, 0.717) is 35.7 Å². The van der Waals surface area contributed by atoms with Gasteiger partial charge in [-0.3, -0.25) is 9.59 Å². The van der Waals surface area contributed by atoms with Gasteiger partial charge in [-0.25, -0.2) is 13.8 Å². The molecule has 9 nitrogen and oxygen atoms in total. The molecule has 2 atom stereocenters. The number of carboxylic acid groups (broad SMARTS) is 1. The third kappa shape index (κ3) is 7.11. The molecule has 5 N–H and O–H groups in total.